The van der Waals surface area contributed by atoms with Crippen LogP contribution >= 0.6 is 0 Å². The van der Waals surface area contributed by atoms with Crippen LogP contribution in [0.1, 0.15) is 64.2 Å². The number of carbonyl (C=O) groups is 1. The van der Waals surface area contributed by atoms with Gasteiger partial charge in [0.1, 0.15) is 5.54 Å². The first-order chi connectivity index (χ1) is 10.1. The number of hydrogen-bond acceptors (Lipinski definition) is 2. The average molecular weight is 287 g/mol. The summed E-state index contributed by atoms with van der Waals surface area (Å²) in [6, 6.07) is 2.25. The second-order valence-electron chi connectivity index (χ2n) is 8.18. The largest absolute Gasteiger partial charge is 0.333 e. The SMILES string of the molecule is N#CC1(NC(=O)NC23CC4CC(CC(C4)C2)C3)CCCC1. The van der Waals surface area contributed by atoms with Crippen molar-refractivity contribution in [2.75, 3.05) is 0 Å². The van der Waals surface area contributed by atoms with Gasteiger partial charge < -0.3 is 10.6 Å². The van der Waals surface area contributed by atoms with E-state index in [1.165, 1.54) is 19.3 Å². The molecule has 4 heteroatoms. The van der Waals surface area contributed by atoms with Gasteiger partial charge >= 0.3 is 6.03 Å². The molecule has 4 bridgehead atoms. The Balaban J connectivity index is 1.44. The molecule has 0 atom stereocenters. The molecular weight excluding hydrogens is 262 g/mol. The lowest BCUT2D eigenvalue weighted by atomic mass is 9.53. The Morgan fingerprint density at radius 3 is 1.95 bits per heavy atom. The lowest BCUT2D eigenvalue weighted by molar-refractivity contribution is -0.0138. The fourth-order valence-corrected chi connectivity index (χ4v) is 6.00. The van der Waals surface area contributed by atoms with Gasteiger partial charge in [-0.25, -0.2) is 4.79 Å². The van der Waals surface area contributed by atoms with Crippen LogP contribution in [-0.2, 0) is 0 Å². The fraction of sp³-hybridized carbons (Fsp3) is 0.882. The molecule has 5 rings (SSSR count). The maximum absolute atomic E-state index is 12.5. The summed E-state index contributed by atoms with van der Waals surface area (Å²) < 4.78 is 0. The summed E-state index contributed by atoms with van der Waals surface area (Å²) in [6.45, 7) is 0. The van der Waals surface area contributed by atoms with Gasteiger partial charge in [-0.05, 0) is 82.0 Å². The minimum absolute atomic E-state index is 0.0358. The minimum Gasteiger partial charge on any atom is -0.333 e. The van der Waals surface area contributed by atoms with Crippen LogP contribution in [0.5, 0.6) is 0 Å². The summed E-state index contributed by atoms with van der Waals surface area (Å²) in [5, 5.41) is 15.7. The van der Waals surface area contributed by atoms with E-state index in [4.69, 9.17) is 0 Å². The van der Waals surface area contributed by atoms with Crippen LogP contribution in [0.2, 0.25) is 0 Å². The number of carbonyl (C=O) groups excluding carboxylic acids is 1. The molecular formula is C17H25N3O. The van der Waals surface area contributed by atoms with Crippen molar-refractivity contribution in [3.63, 3.8) is 0 Å². The van der Waals surface area contributed by atoms with E-state index in [2.05, 4.69) is 16.7 Å². The number of amides is 2. The highest BCUT2D eigenvalue weighted by atomic mass is 16.2. The maximum Gasteiger partial charge on any atom is 0.316 e. The second kappa shape index (κ2) is 4.63. The molecule has 0 heterocycles. The molecule has 0 unspecified atom stereocenters. The highest BCUT2D eigenvalue weighted by Gasteiger charge is 2.52. The van der Waals surface area contributed by atoms with Crippen LogP contribution in [0.4, 0.5) is 4.79 Å². The van der Waals surface area contributed by atoms with Gasteiger partial charge in [0.2, 0.25) is 0 Å². The summed E-state index contributed by atoms with van der Waals surface area (Å²) >= 11 is 0. The molecule has 5 saturated carbocycles. The van der Waals surface area contributed by atoms with Crippen LogP contribution < -0.4 is 10.6 Å². The van der Waals surface area contributed by atoms with Crippen molar-refractivity contribution >= 4 is 6.03 Å². The quantitative estimate of drug-likeness (QED) is 0.819. The van der Waals surface area contributed by atoms with Crippen molar-refractivity contribution in [3.05, 3.63) is 0 Å². The predicted octanol–water partition coefficient (Wildman–Crippen LogP) is 3.09. The summed E-state index contributed by atoms with van der Waals surface area (Å²) in [4.78, 5) is 12.5. The molecule has 0 aliphatic heterocycles. The van der Waals surface area contributed by atoms with Crippen LogP contribution in [-0.4, -0.2) is 17.1 Å². The van der Waals surface area contributed by atoms with Crippen LogP contribution in [0.25, 0.3) is 0 Å². The van der Waals surface area contributed by atoms with Gasteiger partial charge in [-0.1, -0.05) is 0 Å². The first-order valence-corrected chi connectivity index (χ1v) is 8.62. The van der Waals surface area contributed by atoms with E-state index in [0.29, 0.717) is 0 Å². The molecule has 0 radical (unpaired) electrons. The zero-order valence-corrected chi connectivity index (χ0v) is 12.7. The molecule has 0 aromatic rings. The van der Waals surface area contributed by atoms with Crippen molar-refractivity contribution in [3.8, 4) is 6.07 Å². The first kappa shape index (κ1) is 13.4. The Kier molecular flexibility index (Phi) is 2.96. The number of nitrogens with zero attached hydrogens (tertiary/aromatic N) is 1. The van der Waals surface area contributed by atoms with Gasteiger partial charge in [-0.3, -0.25) is 0 Å². The lowest BCUT2D eigenvalue weighted by Crippen LogP contribution is -2.63. The number of nitriles is 1. The third-order valence-electron chi connectivity index (χ3n) is 6.44. The Bertz CT molecular complexity index is 451. The van der Waals surface area contributed by atoms with E-state index in [1.807, 2.05) is 0 Å². The predicted molar refractivity (Wildman–Crippen MR) is 79.4 cm³/mol. The van der Waals surface area contributed by atoms with Gasteiger partial charge in [0, 0.05) is 5.54 Å². The molecule has 5 aliphatic carbocycles. The summed E-state index contributed by atoms with van der Waals surface area (Å²) in [6.07, 6.45) is 11.3. The molecule has 5 aliphatic rings. The highest BCUT2D eigenvalue weighted by molar-refractivity contribution is 5.76. The van der Waals surface area contributed by atoms with Gasteiger partial charge in [-0.2, -0.15) is 5.26 Å². The smallest absolute Gasteiger partial charge is 0.316 e. The average Bonchev–Trinajstić information content (AvgIpc) is 2.85. The van der Waals surface area contributed by atoms with Gasteiger partial charge in [-0.15, -0.1) is 0 Å². The van der Waals surface area contributed by atoms with Crippen molar-refractivity contribution in [1.82, 2.24) is 10.6 Å². The van der Waals surface area contributed by atoms with Crippen molar-refractivity contribution in [1.29, 1.82) is 5.26 Å². The third kappa shape index (κ3) is 2.31. The molecule has 0 saturated heterocycles. The summed E-state index contributed by atoms with van der Waals surface area (Å²) in [5.41, 5.74) is -0.569. The van der Waals surface area contributed by atoms with Crippen molar-refractivity contribution in [2.24, 2.45) is 17.8 Å². The van der Waals surface area contributed by atoms with E-state index in [1.54, 1.807) is 0 Å². The molecule has 0 aromatic carbocycles. The second-order valence-corrected chi connectivity index (χ2v) is 8.18. The van der Waals surface area contributed by atoms with E-state index in [9.17, 15) is 10.1 Å². The van der Waals surface area contributed by atoms with Gasteiger partial charge in [0.25, 0.3) is 0 Å². The van der Waals surface area contributed by atoms with E-state index in [0.717, 1.165) is 62.7 Å². The zero-order valence-electron chi connectivity index (χ0n) is 12.7. The monoisotopic (exact) mass is 287 g/mol. The zero-order chi connectivity index (χ0) is 14.5. The Morgan fingerprint density at radius 2 is 1.48 bits per heavy atom. The molecule has 0 spiro atoms. The molecule has 2 amide bonds. The number of nitrogens with one attached hydrogen (secondary N) is 2. The highest BCUT2D eigenvalue weighted by Crippen LogP contribution is 2.55. The lowest BCUT2D eigenvalue weighted by Gasteiger charge is -2.56. The summed E-state index contributed by atoms with van der Waals surface area (Å²) in [7, 11) is 0. The Labute approximate surface area is 126 Å². The van der Waals surface area contributed by atoms with E-state index < -0.39 is 5.54 Å². The Hall–Kier alpha value is -1.24. The topological polar surface area (TPSA) is 64.9 Å². The maximum atomic E-state index is 12.5. The fourth-order valence-electron chi connectivity index (χ4n) is 6.00. The molecule has 0 aromatic heterocycles. The molecule has 2 N–H and O–H groups in total. The van der Waals surface area contributed by atoms with Crippen LogP contribution in [0.15, 0.2) is 0 Å². The first-order valence-electron chi connectivity index (χ1n) is 8.62. The standard InChI is InChI=1S/C17H25N3O/c18-11-16(3-1-2-4-16)19-15(21)20-17-8-12-5-13(9-17)7-14(6-12)10-17/h12-14H,1-10H2,(H2,19,20,21). The Morgan fingerprint density at radius 1 is 0.952 bits per heavy atom. The number of rotatable bonds is 2. The van der Waals surface area contributed by atoms with Crippen molar-refractivity contribution < 1.29 is 4.79 Å². The van der Waals surface area contributed by atoms with Gasteiger partial charge in [0.15, 0.2) is 0 Å². The van der Waals surface area contributed by atoms with Crippen molar-refractivity contribution in [2.45, 2.75) is 75.3 Å². The van der Waals surface area contributed by atoms with Crippen LogP contribution in [0.3, 0.4) is 0 Å². The summed E-state index contributed by atoms with van der Waals surface area (Å²) in [5.74, 6) is 2.48. The normalized spacial score (nSPS) is 42.5. The number of urea groups is 1. The molecule has 4 nitrogen and oxygen atoms in total. The van der Waals surface area contributed by atoms with Crippen LogP contribution in [0, 0.1) is 29.1 Å². The van der Waals surface area contributed by atoms with E-state index in [-0.39, 0.29) is 11.6 Å². The number of hydrogen-bond donors (Lipinski definition) is 2. The van der Waals surface area contributed by atoms with Gasteiger partial charge in [0.05, 0.1) is 6.07 Å². The molecule has 21 heavy (non-hydrogen) atoms. The van der Waals surface area contributed by atoms with E-state index >= 15 is 0 Å². The molecule has 5 fully saturated rings. The minimum atomic E-state index is -0.605. The third-order valence-corrected chi connectivity index (χ3v) is 6.44. The molecule has 114 valence electrons.